The molecule has 0 aliphatic carbocycles. The molecule has 57 heavy (non-hydrogen) atoms. The Bertz CT molecular complexity index is 2170. The molecule has 0 fully saturated rings. The van der Waals surface area contributed by atoms with Gasteiger partial charge in [0.15, 0.2) is 39.1 Å². The summed E-state index contributed by atoms with van der Waals surface area (Å²) < 4.78 is 49.8. The maximum atomic E-state index is 13.3. The van der Waals surface area contributed by atoms with Gasteiger partial charge in [-0.25, -0.2) is 18.4 Å². The minimum absolute atomic E-state index is 0.304. The van der Waals surface area contributed by atoms with Crippen molar-refractivity contribution >= 4 is 22.8 Å². The molecule has 0 amide bonds. The number of carbonyl (C=O) groups is 2. The fourth-order valence-electron chi connectivity index (χ4n) is 5.93. The van der Waals surface area contributed by atoms with Crippen LogP contribution in [-0.2, 0) is 30.0 Å². The van der Waals surface area contributed by atoms with E-state index in [1.807, 2.05) is 45.9 Å². The summed E-state index contributed by atoms with van der Waals surface area (Å²) in [5, 5.41) is 0. The van der Waals surface area contributed by atoms with E-state index in [1.165, 1.54) is 24.3 Å². The standard InChI is InChI=1S/C48H45F2O6S/c1-32-26-41(27-33(2)45(32)53-30-43(51)55-47(5,6)24-22-36-14-18-38(49)19-15-36)57(40-12-10-9-11-13-40)42-28-34(3)46(35(4)29-42)54-31-44(52)56-48(7,8)25-23-37-16-20-39(50)21-17-37/h9-21,26-29H,30-31H2,1-8H3/q+1. The number of esters is 2. The Morgan fingerprint density at radius 3 is 1.25 bits per heavy atom. The third-order valence-corrected chi connectivity index (χ3v) is 10.6. The number of aryl methyl sites for hydroxylation is 4. The van der Waals surface area contributed by atoms with Gasteiger partial charge in [-0.2, -0.15) is 0 Å². The first kappa shape index (κ1) is 42.1. The molecule has 6 nitrogen and oxygen atoms in total. The number of benzene rings is 5. The van der Waals surface area contributed by atoms with Gasteiger partial charge in [-0.1, -0.05) is 41.9 Å². The monoisotopic (exact) mass is 787 g/mol. The molecule has 0 saturated heterocycles. The second-order valence-electron chi connectivity index (χ2n) is 14.5. The van der Waals surface area contributed by atoms with E-state index in [0.29, 0.717) is 22.6 Å². The first-order valence-electron chi connectivity index (χ1n) is 18.3. The van der Waals surface area contributed by atoms with Crippen LogP contribution in [0.25, 0.3) is 0 Å². The van der Waals surface area contributed by atoms with Crippen LogP contribution >= 0.6 is 0 Å². The predicted octanol–water partition coefficient (Wildman–Crippen LogP) is 9.80. The SMILES string of the molecule is Cc1cc([S+](c2ccccc2)c2cc(C)c(OCC(=O)OC(C)(C)C#Cc3ccc(F)cc3)c(C)c2)cc(C)c1OCC(=O)OC(C)(C)C#Cc1ccc(F)cc1. The number of halogens is 2. The van der Waals surface area contributed by atoms with Crippen molar-refractivity contribution in [3.05, 3.63) is 148 Å². The lowest BCUT2D eigenvalue weighted by Gasteiger charge is -2.20. The largest absolute Gasteiger partial charge is 0.481 e. The van der Waals surface area contributed by atoms with Gasteiger partial charge in [-0.3, -0.25) is 0 Å². The molecule has 5 aromatic carbocycles. The van der Waals surface area contributed by atoms with E-state index >= 15 is 0 Å². The third-order valence-electron chi connectivity index (χ3n) is 8.43. The van der Waals surface area contributed by atoms with Crippen molar-refractivity contribution in [2.45, 2.75) is 81.3 Å². The molecular weight excluding hydrogens is 743 g/mol. The highest BCUT2D eigenvalue weighted by Crippen LogP contribution is 2.38. The van der Waals surface area contributed by atoms with Gasteiger partial charge in [0.1, 0.15) is 23.1 Å². The number of carbonyl (C=O) groups excluding carboxylic acids is 2. The molecule has 0 unspecified atom stereocenters. The van der Waals surface area contributed by atoms with Crippen molar-refractivity contribution in [3.63, 3.8) is 0 Å². The quantitative estimate of drug-likeness (QED) is 0.0755. The average molecular weight is 788 g/mol. The summed E-state index contributed by atoms with van der Waals surface area (Å²) >= 11 is 0. The van der Waals surface area contributed by atoms with Crippen LogP contribution in [0.2, 0.25) is 0 Å². The van der Waals surface area contributed by atoms with Gasteiger partial charge in [-0.05, 0) is 138 Å². The van der Waals surface area contributed by atoms with E-state index in [2.05, 4.69) is 60.1 Å². The molecule has 0 bridgehead atoms. The number of rotatable bonds is 11. The van der Waals surface area contributed by atoms with Crippen LogP contribution in [-0.4, -0.2) is 36.4 Å². The van der Waals surface area contributed by atoms with E-state index in [4.69, 9.17) is 18.9 Å². The van der Waals surface area contributed by atoms with Gasteiger partial charge in [0.05, 0.1) is 10.9 Å². The van der Waals surface area contributed by atoms with Crippen molar-refractivity contribution in [1.82, 2.24) is 0 Å². The zero-order valence-electron chi connectivity index (χ0n) is 33.3. The van der Waals surface area contributed by atoms with Crippen molar-refractivity contribution < 1.29 is 37.3 Å². The topological polar surface area (TPSA) is 71.1 Å². The minimum Gasteiger partial charge on any atom is -0.481 e. The molecule has 5 rings (SSSR count). The molecule has 0 heterocycles. The fourth-order valence-corrected chi connectivity index (χ4v) is 8.35. The van der Waals surface area contributed by atoms with E-state index in [0.717, 1.165) is 36.9 Å². The highest BCUT2D eigenvalue weighted by molar-refractivity contribution is 7.97. The number of hydrogen-bond donors (Lipinski definition) is 0. The highest BCUT2D eigenvalue weighted by Gasteiger charge is 2.32. The maximum absolute atomic E-state index is 13.3. The normalized spacial score (nSPS) is 11.1. The van der Waals surface area contributed by atoms with Gasteiger partial charge in [0, 0.05) is 35.4 Å². The zero-order chi connectivity index (χ0) is 41.3. The van der Waals surface area contributed by atoms with Gasteiger partial charge in [0.25, 0.3) is 0 Å². The van der Waals surface area contributed by atoms with Crippen molar-refractivity contribution in [1.29, 1.82) is 0 Å². The van der Waals surface area contributed by atoms with Crippen LogP contribution in [0.4, 0.5) is 8.78 Å². The summed E-state index contributed by atoms with van der Waals surface area (Å²) in [6.45, 7) is 13.9. The minimum atomic E-state index is -1.09. The smallest absolute Gasteiger partial charge is 0.345 e. The Labute approximate surface area is 336 Å². The summed E-state index contributed by atoms with van der Waals surface area (Å²) in [4.78, 5) is 29.0. The molecule has 0 N–H and O–H groups in total. The summed E-state index contributed by atoms with van der Waals surface area (Å²) in [6.07, 6.45) is 0. The predicted molar refractivity (Wildman–Crippen MR) is 218 cm³/mol. The zero-order valence-corrected chi connectivity index (χ0v) is 34.2. The van der Waals surface area contributed by atoms with Crippen LogP contribution in [0, 0.1) is 63.0 Å². The molecule has 0 saturated carbocycles. The van der Waals surface area contributed by atoms with Crippen LogP contribution in [0.15, 0.2) is 118 Å². The highest BCUT2D eigenvalue weighted by atomic mass is 32.2. The van der Waals surface area contributed by atoms with Crippen molar-refractivity contribution in [2.75, 3.05) is 13.2 Å². The van der Waals surface area contributed by atoms with Crippen LogP contribution in [0.1, 0.15) is 61.1 Å². The summed E-state index contributed by atoms with van der Waals surface area (Å²) in [5.41, 5.74) is 2.48. The maximum Gasteiger partial charge on any atom is 0.345 e. The van der Waals surface area contributed by atoms with Gasteiger partial charge >= 0.3 is 11.9 Å². The summed E-state index contributed by atoms with van der Waals surface area (Å²) in [7, 11) is -0.530. The first-order chi connectivity index (χ1) is 27.0. The van der Waals surface area contributed by atoms with Crippen LogP contribution in [0.3, 0.4) is 0 Å². The lowest BCUT2D eigenvalue weighted by molar-refractivity contribution is -0.155. The molecule has 0 aliphatic rings. The number of ether oxygens (including phenoxy) is 4. The average Bonchev–Trinajstić information content (AvgIpc) is 3.14. The summed E-state index contributed by atoms with van der Waals surface area (Å²) in [5.74, 6) is 11.0. The molecule has 0 aliphatic heterocycles. The van der Waals surface area contributed by atoms with Crippen molar-refractivity contribution in [2.24, 2.45) is 0 Å². The second kappa shape index (κ2) is 18.3. The van der Waals surface area contributed by atoms with Crippen LogP contribution < -0.4 is 9.47 Å². The van der Waals surface area contributed by atoms with E-state index < -0.39 is 34.0 Å². The van der Waals surface area contributed by atoms with Gasteiger partial charge in [0.2, 0.25) is 0 Å². The fraction of sp³-hybridized carbons (Fsp3) is 0.250. The van der Waals surface area contributed by atoms with E-state index in [1.54, 1.807) is 52.0 Å². The molecular formula is C48H45F2O6S+. The van der Waals surface area contributed by atoms with E-state index in [9.17, 15) is 18.4 Å². The Kier molecular flexibility index (Phi) is 13.5. The first-order valence-corrected chi connectivity index (χ1v) is 19.5. The Balaban J connectivity index is 1.29. The molecule has 292 valence electrons. The Morgan fingerprint density at radius 1 is 0.544 bits per heavy atom. The van der Waals surface area contributed by atoms with E-state index in [-0.39, 0.29) is 24.8 Å². The molecule has 0 radical (unpaired) electrons. The van der Waals surface area contributed by atoms with Gasteiger partial charge < -0.3 is 18.9 Å². The summed E-state index contributed by atoms with van der Waals surface area (Å²) in [6, 6.07) is 30.1. The Hall–Kier alpha value is -6.03. The number of hydrogen-bond acceptors (Lipinski definition) is 6. The molecule has 0 atom stereocenters. The van der Waals surface area contributed by atoms with Gasteiger partial charge in [-0.15, -0.1) is 0 Å². The third kappa shape index (κ3) is 12.0. The lowest BCUT2D eigenvalue weighted by atomic mass is 10.1. The lowest BCUT2D eigenvalue weighted by Crippen LogP contribution is -2.29. The molecule has 9 heteroatoms. The molecule has 0 aromatic heterocycles. The van der Waals surface area contributed by atoms with Crippen molar-refractivity contribution in [3.8, 4) is 35.2 Å². The Morgan fingerprint density at radius 2 is 0.895 bits per heavy atom. The van der Waals surface area contributed by atoms with Crippen LogP contribution in [0.5, 0.6) is 11.5 Å². The molecule has 0 spiro atoms. The molecule has 5 aromatic rings. The second-order valence-corrected chi connectivity index (χ2v) is 16.5.